The second kappa shape index (κ2) is 5.63. The van der Waals surface area contributed by atoms with Crippen LogP contribution in [0.15, 0.2) is 24.4 Å². The minimum atomic E-state index is -4.41. The molecule has 0 bridgehead atoms. The summed E-state index contributed by atoms with van der Waals surface area (Å²) >= 11 is 0. The maximum Gasteiger partial charge on any atom is 0.432 e. The maximum absolute atomic E-state index is 12.3. The molecule has 4 nitrogen and oxygen atoms in total. The highest BCUT2D eigenvalue weighted by molar-refractivity contribution is 5.54. The van der Waals surface area contributed by atoms with Crippen LogP contribution in [0.5, 0.6) is 0 Å². The van der Waals surface area contributed by atoms with Crippen molar-refractivity contribution in [3.63, 3.8) is 0 Å². The lowest BCUT2D eigenvalue weighted by Crippen LogP contribution is -2.04. The zero-order chi connectivity index (χ0) is 13.8. The highest BCUT2D eigenvalue weighted by atomic mass is 19.4. The molecule has 2 rings (SSSR count). The van der Waals surface area contributed by atoms with E-state index in [0.717, 1.165) is 18.7 Å². The first-order valence-electron chi connectivity index (χ1n) is 4.97. The van der Waals surface area contributed by atoms with E-state index in [1.54, 1.807) is 18.3 Å². The number of nitrogens with one attached hydrogen (secondary N) is 1. The number of rotatable bonds is 1. The summed E-state index contributed by atoms with van der Waals surface area (Å²) in [4.78, 5) is 3.99. The van der Waals surface area contributed by atoms with E-state index in [2.05, 4.69) is 10.1 Å². The molecule has 0 unspecified atom stereocenters. The van der Waals surface area contributed by atoms with Gasteiger partial charge in [-0.1, -0.05) is 6.07 Å². The van der Waals surface area contributed by atoms with E-state index in [1.807, 2.05) is 12.0 Å². The number of pyridine rings is 1. The summed E-state index contributed by atoms with van der Waals surface area (Å²) in [6.45, 7) is 1.85. The molecule has 0 aliphatic heterocycles. The van der Waals surface area contributed by atoms with Gasteiger partial charge < -0.3 is 5.11 Å². The topological polar surface area (TPSA) is 61.8 Å². The van der Waals surface area contributed by atoms with Gasteiger partial charge in [0, 0.05) is 13.3 Å². The number of nitrogens with zero attached hydrogens (tertiary/aromatic N) is 2. The molecule has 2 N–H and O–H groups in total. The van der Waals surface area contributed by atoms with E-state index in [-0.39, 0.29) is 5.69 Å². The molecule has 0 aliphatic carbocycles. The lowest BCUT2D eigenvalue weighted by atomic mass is 10.2. The van der Waals surface area contributed by atoms with Crippen LogP contribution in [0.25, 0.3) is 11.4 Å². The zero-order valence-electron chi connectivity index (χ0n) is 9.78. The highest BCUT2D eigenvalue weighted by Gasteiger charge is 2.33. The first kappa shape index (κ1) is 14.2. The summed E-state index contributed by atoms with van der Waals surface area (Å²) in [6.07, 6.45) is -2.83. The molecular formula is C11H12F3N3O. The number of alkyl halides is 3. The molecule has 7 heteroatoms. The van der Waals surface area contributed by atoms with Gasteiger partial charge in [0.15, 0.2) is 0 Å². The lowest BCUT2D eigenvalue weighted by molar-refractivity contribution is -0.141. The van der Waals surface area contributed by atoms with Crippen molar-refractivity contribution in [2.45, 2.75) is 13.1 Å². The van der Waals surface area contributed by atoms with Crippen molar-refractivity contribution in [3.8, 4) is 11.4 Å². The fourth-order valence-corrected chi connectivity index (χ4v) is 1.22. The van der Waals surface area contributed by atoms with Crippen molar-refractivity contribution in [1.29, 1.82) is 0 Å². The van der Waals surface area contributed by atoms with Crippen molar-refractivity contribution in [2.24, 2.45) is 0 Å². The molecule has 0 saturated carbocycles. The van der Waals surface area contributed by atoms with Gasteiger partial charge in [-0.05, 0) is 24.6 Å². The minimum Gasteiger partial charge on any atom is -0.400 e. The van der Waals surface area contributed by atoms with E-state index in [4.69, 9.17) is 5.11 Å². The number of aryl methyl sites for hydroxylation is 1. The fraction of sp³-hybridized carbons (Fsp3) is 0.273. The van der Waals surface area contributed by atoms with Crippen molar-refractivity contribution in [3.05, 3.63) is 35.7 Å². The second-order valence-corrected chi connectivity index (χ2v) is 3.39. The Balaban J connectivity index is 0.000000771. The van der Waals surface area contributed by atoms with E-state index in [1.165, 1.54) is 0 Å². The second-order valence-electron chi connectivity index (χ2n) is 3.39. The first-order valence-corrected chi connectivity index (χ1v) is 4.97. The SMILES string of the molecule is CO.Cc1ccc(-c2cc(C(F)(F)F)[nH]n2)nc1. The Morgan fingerprint density at radius 3 is 2.28 bits per heavy atom. The molecule has 0 amide bonds. The van der Waals surface area contributed by atoms with Gasteiger partial charge in [-0.2, -0.15) is 18.3 Å². The van der Waals surface area contributed by atoms with Crippen LogP contribution in [0.1, 0.15) is 11.3 Å². The third-order valence-electron chi connectivity index (χ3n) is 2.06. The van der Waals surface area contributed by atoms with E-state index < -0.39 is 11.9 Å². The molecule has 0 radical (unpaired) electrons. The molecule has 0 fully saturated rings. The molecule has 2 heterocycles. The first-order chi connectivity index (χ1) is 8.47. The number of H-pyrrole nitrogens is 1. The molecule has 2 aromatic rings. The third-order valence-corrected chi connectivity index (χ3v) is 2.06. The zero-order valence-corrected chi connectivity index (χ0v) is 9.78. The molecule has 2 aromatic heterocycles. The van der Waals surface area contributed by atoms with Crippen LogP contribution >= 0.6 is 0 Å². The van der Waals surface area contributed by atoms with Gasteiger partial charge in [0.2, 0.25) is 0 Å². The molecule has 0 aliphatic rings. The van der Waals surface area contributed by atoms with E-state index >= 15 is 0 Å². The minimum absolute atomic E-state index is 0.187. The Morgan fingerprint density at radius 2 is 1.83 bits per heavy atom. The monoisotopic (exact) mass is 259 g/mol. The summed E-state index contributed by atoms with van der Waals surface area (Å²) in [5.41, 5.74) is 0.671. The van der Waals surface area contributed by atoms with Gasteiger partial charge in [0.25, 0.3) is 0 Å². The van der Waals surface area contributed by atoms with E-state index in [0.29, 0.717) is 5.69 Å². The Bertz CT molecular complexity index is 491. The molecule has 98 valence electrons. The number of halogens is 3. The molecular weight excluding hydrogens is 247 g/mol. The highest BCUT2D eigenvalue weighted by Crippen LogP contribution is 2.29. The lowest BCUT2D eigenvalue weighted by Gasteiger charge is -1.99. The average Bonchev–Trinajstić information content (AvgIpc) is 2.82. The maximum atomic E-state index is 12.3. The third kappa shape index (κ3) is 3.30. The van der Waals surface area contributed by atoms with Gasteiger partial charge >= 0.3 is 6.18 Å². The van der Waals surface area contributed by atoms with E-state index in [9.17, 15) is 13.2 Å². The summed E-state index contributed by atoms with van der Waals surface area (Å²) in [5.74, 6) is 0. The summed E-state index contributed by atoms with van der Waals surface area (Å²) in [5, 5.41) is 12.5. The van der Waals surface area contributed by atoms with Crippen LogP contribution in [0.2, 0.25) is 0 Å². The van der Waals surface area contributed by atoms with Crippen molar-refractivity contribution < 1.29 is 18.3 Å². The Morgan fingerprint density at radius 1 is 1.17 bits per heavy atom. The van der Waals surface area contributed by atoms with Gasteiger partial charge in [-0.15, -0.1) is 0 Å². The molecule has 0 aromatic carbocycles. The fourth-order valence-electron chi connectivity index (χ4n) is 1.22. The number of aromatic nitrogens is 3. The predicted molar refractivity (Wildman–Crippen MR) is 59.7 cm³/mol. The molecule has 0 atom stereocenters. The van der Waals surface area contributed by atoms with Crippen LogP contribution in [-0.4, -0.2) is 27.4 Å². The van der Waals surface area contributed by atoms with Crippen molar-refractivity contribution in [1.82, 2.24) is 15.2 Å². The standard InChI is InChI=1S/C10H8F3N3.CH4O/c1-6-2-3-7(14-5-6)8-4-9(16-15-8)10(11,12)13;1-2/h2-5H,1H3,(H,15,16);2H,1H3. The van der Waals surface area contributed by atoms with Gasteiger partial charge in [0.05, 0.1) is 5.69 Å². The van der Waals surface area contributed by atoms with Crippen LogP contribution < -0.4 is 0 Å². The van der Waals surface area contributed by atoms with Crippen molar-refractivity contribution >= 4 is 0 Å². The van der Waals surface area contributed by atoms with Crippen LogP contribution in [0.3, 0.4) is 0 Å². The smallest absolute Gasteiger partial charge is 0.400 e. The average molecular weight is 259 g/mol. The van der Waals surface area contributed by atoms with Gasteiger partial charge in [0.1, 0.15) is 11.4 Å². The van der Waals surface area contributed by atoms with Gasteiger partial charge in [-0.25, -0.2) is 0 Å². The molecule has 0 saturated heterocycles. The van der Waals surface area contributed by atoms with Gasteiger partial charge in [-0.3, -0.25) is 10.1 Å². The Kier molecular flexibility index (Phi) is 4.43. The number of aromatic amines is 1. The molecule has 0 spiro atoms. The Hall–Kier alpha value is -1.89. The predicted octanol–water partition coefficient (Wildman–Crippen LogP) is 2.41. The summed E-state index contributed by atoms with van der Waals surface area (Å²) in [6, 6.07) is 4.34. The normalized spacial score (nSPS) is 10.8. The Labute approximate surface area is 101 Å². The number of hydrogen-bond donors (Lipinski definition) is 2. The number of aliphatic hydroxyl groups excluding tert-OH is 1. The van der Waals surface area contributed by atoms with Crippen LogP contribution in [-0.2, 0) is 6.18 Å². The number of aliphatic hydroxyl groups is 1. The summed E-state index contributed by atoms with van der Waals surface area (Å²) in [7, 11) is 1.00. The van der Waals surface area contributed by atoms with Crippen LogP contribution in [0, 0.1) is 6.92 Å². The van der Waals surface area contributed by atoms with Crippen molar-refractivity contribution in [2.75, 3.05) is 7.11 Å². The molecule has 18 heavy (non-hydrogen) atoms. The van der Waals surface area contributed by atoms with Crippen LogP contribution in [0.4, 0.5) is 13.2 Å². The number of hydrogen-bond acceptors (Lipinski definition) is 3. The largest absolute Gasteiger partial charge is 0.432 e. The quantitative estimate of drug-likeness (QED) is 0.826. The summed E-state index contributed by atoms with van der Waals surface area (Å²) < 4.78 is 36.9.